The molecular formula is C45H39NO. The molecule has 2 aromatic heterocycles. The van der Waals surface area contributed by atoms with E-state index in [2.05, 4.69) is 47.4 Å². The third-order valence-corrected chi connectivity index (χ3v) is 9.24. The summed E-state index contributed by atoms with van der Waals surface area (Å²) >= 11 is 0. The van der Waals surface area contributed by atoms with Crippen molar-refractivity contribution in [2.75, 3.05) is 0 Å². The zero-order chi connectivity index (χ0) is 39.2. The molecule has 0 saturated heterocycles. The van der Waals surface area contributed by atoms with Gasteiger partial charge < -0.3 is 4.42 Å². The molecule has 0 aliphatic rings. The van der Waals surface area contributed by atoms with Crippen molar-refractivity contribution in [3.8, 4) is 33.5 Å². The smallest absolute Gasteiger partial charge is 0.144 e. The van der Waals surface area contributed by atoms with Crippen LogP contribution in [0.5, 0.6) is 0 Å². The summed E-state index contributed by atoms with van der Waals surface area (Å²) in [6.45, 7) is 2.25. The van der Waals surface area contributed by atoms with Crippen LogP contribution in [-0.4, -0.2) is 4.98 Å². The minimum Gasteiger partial charge on any atom is -0.455 e. The van der Waals surface area contributed by atoms with Crippen molar-refractivity contribution in [2.24, 2.45) is 0 Å². The summed E-state index contributed by atoms with van der Waals surface area (Å²) in [6, 6.07) is 34.9. The molecule has 0 N–H and O–H groups in total. The molecule has 230 valence electrons. The molecule has 0 fully saturated rings. The van der Waals surface area contributed by atoms with Crippen LogP contribution in [0.2, 0.25) is 0 Å². The van der Waals surface area contributed by atoms with Gasteiger partial charge in [0.25, 0.3) is 0 Å². The van der Waals surface area contributed by atoms with Gasteiger partial charge >= 0.3 is 0 Å². The average molecular weight is 618 g/mol. The fraction of sp³-hybridized carbons (Fsp3) is 0.178. The van der Waals surface area contributed by atoms with Gasteiger partial charge in [-0.25, -0.2) is 0 Å². The highest BCUT2D eigenvalue weighted by atomic mass is 16.3. The Balaban J connectivity index is 1.38. The summed E-state index contributed by atoms with van der Waals surface area (Å²) in [4.78, 5) is 4.67. The Morgan fingerprint density at radius 3 is 2.15 bits per heavy atom. The molecule has 0 aliphatic carbocycles. The Morgan fingerprint density at radius 1 is 0.617 bits per heavy atom. The number of furan rings is 1. The molecule has 0 bridgehead atoms. The van der Waals surface area contributed by atoms with Crippen molar-refractivity contribution in [3.63, 3.8) is 0 Å². The van der Waals surface area contributed by atoms with E-state index in [0.717, 1.165) is 43.4 Å². The quantitative estimate of drug-likeness (QED) is 0.180. The van der Waals surface area contributed by atoms with Gasteiger partial charge in [0.2, 0.25) is 0 Å². The van der Waals surface area contributed by atoms with Gasteiger partial charge in [-0.3, -0.25) is 4.98 Å². The lowest BCUT2D eigenvalue weighted by atomic mass is 9.81. The van der Waals surface area contributed by atoms with Crippen LogP contribution in [0.4, 0.5) is 0 Å². The van der Waals surface area contributed by atoms with E-state index in [9.17, 15) is 2.74 Å². The van der Waals surface area contributed by atoms with Crippen LogP contribution >= 0.6 is 0 Å². The van der Waals surface area contributed by atoms with E-state index in [1.807, 2.05) is 42.5 Å². The van der Waals surface area contributed by atoms with Crippen molar-refractivity contribution in [1.29, 1.82) is 0 Å². The molecule has 0 saturated carbocycles. The fourth-order valence-corrected chi connectivity index (χ4v) is 6.89. The number of aromatic nitrogens is 1. The lowest BCUT2D eigenvalue weighted by Crippen LogP contribution is -2.03. The number of pyridine rings is 1. The first kappa shape index (κ1) is 21.6. The standard InChI is InChI=1S/C45H39NO/c1-26(2)39-22-33(31-17-19-35-32(21-31)16-15-30-10-7-8-11-34(30)35)23-40(27(3)4)44(39)41-24-42(46-25-29(41)6)38-13-9-12-37-36-18-14-28(5)20-43(36)47-45(37)38/h7-27H,1-6H3/i5D3,6D3,26D,27D. The first-order valence-electron chi connectivity index (χ1n) is 19.9. The Morgan fingerprint density at radius 2 is 1.36 bits per heavy atom. The van der Waals surface area contributed by atoms with E-state index in [0.29, 0.717) is 44.7 Å². The third kappa shape index (κ3) is 4.91. The van der Waals surface area contributed by atoms with Gasteiger partial charge in [0.15, 0.2) is 0 Å². The van der Waals surface area contributed by atoms with Crippen molar-refractivity contribution in [3.05, 3.63) is 138 Å². The SMILES string of the molecule is [2H]C([2H])([2H])c1ccc2c(c1)oc1c(-c3cc(-c4c(C([2H])(C)C)cc(-c5ccc6c(ccc7ccccc76)c5)cc4C([2H])(C)C)c(C([2H])([2H])[2H])cn3)cccc12. The molecule has 2 heterocycles. The van der Waals surface area contributed by atoms with Crippen molar-refractivity contribution >= 4 is 43.5 Å². The summed E-state index contributed by atoms with van der Waals surface area (Å²) in [6.07, 6.45) is 1.37. The maximum atomic E-state index is 9.45. The Bertz CT molecular complexity index is 2780. The number of benzene rings is 6. The van der Waals surface area contributed by atoms with Gasteiger partial charge in [0, 0.05) is 33.5 Å². The molecule has 0 amide bonds. The summed E-state index contributed by atoms with van der Waals surface area (Å²) in [7, 11) is 0. The van der Waals surface area contributed by atoms with Crippen molar-refractivity contribution in [1.82, 2.24) is 4.98 Å². The van der Waals surface area contributed by atoms with Gasteiger partial charge in [-0.1, -0.05) is 113 Å². The van der Waals surface area contributed by atoms with E-state index in [1.165, 1.54) is 12.3 Å². The van der Waals surface area contributed by atoms with E-state index in [-0.39, 0.29) is 11.1 Å². The number of hydrogen-bond acceptors (Lipinski definition) is 2. The number of hydrogen-bond donors (Lipinski definition) is 0. The molecule has 2 heteroatoms. The molecule has 0 atom stereocenters. The highest BCUT2D eigenvalue weighted by molar-refractivity contribution is 6.10. The molecule has 0 spiro atoms. The van der Waals surface area contributed by atoms with Gasteiger partial charge in [0.1, 0.15) is 11.2 Å². The molecule has 6 aromatic carbocycles. The first-order chi connectivity index (χ1) is 25.8. The van der Waals surface area contributed by atoms with Crippen LogP contribution in [0.3, 0.4) is 0 Å². The second-order valence-corrected chi connectivity index (χ2v) is 12.8. The average Bonchev–Trinajstić information content (AvgIpc) is 3.50. The van der Waals surface area contributed by atoms with Crippen LogP contribution in [0.25, 0.3) is 77.0 Å². The minimum absolute atomic E-state index is 0.0108. The topological polar surface area (TPSA) is 26.0 Å². The predicted octanol–water partition coefficient (Wildman–Crippen LogP) is 13.2. The van der Waals surface area contributed by atoms with E-state index < -0.39 is 25.5 Å². The molecular weight excluding hydrogens is 571 g/mol. The maximum Gasteiger partial charge on any atom is 0.144 e. The summed E-state index contributed by atoms with van der Waals surface area (Å²) in [5.41, 5.74) is 5.93. The largest absolute Gasteiger partial charge is 0.455 e. The van der Waals surface area contributed by atoms with Crippen molar-refractivity contribution < 1.29 is 15.4 Å². The molecule has 0 aliphatic heterocycles. The predicted molar refractivity (Wildman–Crippen MR) is 200 cm³/mol. The van der Waals surface area contributed by atoms with Gasteiger partial charge in [0.05, 0.1) is 5.69 Å². The van der Waals surface area contributed by atoms with Crippen LogP contribution in [-0.2, 0) is 0 Å². The summed E-state index contributed by atoms with van der Waals surface area (Å²) in [5.74, 6) is -2.40. The van der Waals surface area contributed by atoms with E-state index >= 15 is 0 Å². The number of aryl methyl sites for hydroxylation is 2. The Kier molecular flexibility index (Phi) is 5.16. The normalized spacial score (nSPS) is 15.5. The fourth-order valence-electron chi connectivity index (χ4n) is 6.89. The number of rotatable bonds is 5. The highest BCUT2D eigenvalue weighted by Gasteiger charge is 2.22. The molecule has 0 unspecified atom stereocenters. The van der Waals surface area contributed by atoms with Gasteiger partial charge in [-0.2, -0.15) is 0 Å². The molecule has 2 nitrogen and oxygen atoms in total. The maximum absolute atomic E-state index is 9.45. The molecule has 8 rings (SSSR count). The Hall–Kier alpha value is -5.21. The molecule has 47 heavy (non-hydrogen) atoms. The second kappa shape index (κ2) is 11.2. The zero-order valence-corrected chi connectivity index (χ0v) is 26.8. The molecule has 8 aromatic rings. The third-order valence-electron chi connectivity index (χ3n) is 9.24. The first-order valence-corrected chi connectivity index (χ1v) is 15.9. The lowest BCUT2D eigenvalue weighted by Gasteiger charge is -2.24. The zero-order valence-electron chi connectivity index (χ0n) is 34.8. The number of nitrogens with zero attached hydrogens (tertiary/aromatic N) is 1. The van der Waals surface area contributed by atoms with Crippen LogP contribution in [0.1, 0.15) is 72.7 Å². The monoisotopic (exact) mass is 617 g/mol. The lowest BCUT2D eigenvalue weighted by molar-refractivity contribution is 0.669. The second-order valence-electron chi connectivity index (χ2n) is 12.8. The number of fused-ring (bicyclic) bond motifs is 6. The van der Waals surface area contributed by atoms with Gasteiger partial charge in [-0.15, -0.1) is 0 Å². The summed E-state index contributed by atoms with van der Waals surface area (Å²) in [5, 5.41) is 6.03. The minimum atomic E-state index is -2.56. The number of para-hydroxylation sites is 1. The highest BCUT2D eigenvalue weighted by Crippen LogP contribution is 2.43. The van der Waals surface area contributed by atoms with Crippen LogP contribution in [0.15, 0.2) is 120 Å². The Labute approximate surface area is 288 Å². The van der Waals surface area contributed by atoms with Gasteiger partial charge in [-0.05, 0) is 116 Å². The van der Waals surface area contributed by atoms with Crippen LogP contribution in [0, 0.1) is 13.7 Å². The van der Waals surface area contributed by atoms with Crippen molar-refractivity contribution in [2.45, 2.75) is 53.2 Å². The van der Waals surface area contributed by atoms with E-state index in [1.54, 1.807) is 45.9 Å². The summed E-state index contributed by atoms with van der Waals surface area (Å²) < 4.78 is 74.7. The van der Waals surface area contributed by atoms with Crippen LogP contribution < -0.4 is 0 Å². The van der Waals surface area contributed by atoms with E-state index in [4.69, 9.17) is 12.6 Å². The molecule has 0 radical (unpaired) electrons.